The van der Waals surface area contributed by atoms with Crippen LogP contribution in [0.2, 0.25) is 0 Å². The van der Waals surface area contributed by atoms with Crippen LogP contribution in [0.4, 0.5) is 0 Å². The van der Waals surface area contributed by atoms with Crippen molar-refractivity contribution < 1.29 is 0 Å². The summed E-state index contributed by atoms with van der Waals surface area (Å²) < 4.78 is 0. The molecule has 0 aromatic heterocycles. The summed E-state index contributed by atoms with van der Waals surface area (Å²) in [6.45, 7) is 5.33. The van der Waals surface area contributed by atoms with Gasteiger partial charge >= 0.3 is 0 Å². The average Bonchev–Trinajstić information content (AvgIpc) is 3.18. The van der Waals surface area contributed by atoms with Crippen molar-refractivity contribution >= 4 is 0 Å². The molecule has 0 spiro atoms. The first-order valence-corrected chi connectivity index (χ1v) is 7.60. The monoisotopic (exact) mass is 249 g/mol. The Bertz CT molecular complexity index is 305. The number of nitriles is 1. The number of hydrogen-bond donors (Lipinski definition) is 1. The van der Waals surface area contributed by atoms with Gasteiger partial charge in [-0.2, -0.15) is 5.26 Å². The Morgan fingerprint density at radius 2 is 2.06 bits per heavy atom. The van der Waals surface area contributed by atoms with Gasteiger partial charge in [-0.05, 0) is 57.0 Å². The predicted molar refractivity (Wildman–Crippen MR) is 73.9 cm³/mol. The average molecular weight is 249 g/mol. The summed E-state index contributed by atoms with van der Waals surface area (Å²) in [5.74, 6) is 1.35. The van der Waals surface area contributed by atoms with Gasteiger partial charge in [0.05, 0.1) is 6.07 Å². The van der Waals surface area contributed by atoms with E-state index in [9.17, 15) is 5.26 Å². The molecular weight excluding hydrogens is 222 g/mol. The van der Waals surface area contributed by atoms with Crippen LogP contribution >= 0.6 is 0 Å². The maximum absolute atomic E-state index is 9.33. The van der Waals surface area contributed by atoms with Crippen LogP contribution in [0.5, 0.6) is 0 Å². The van der Waals surface area contributed by atoms with E-state index < -0.39 is 5.54 Å². The SMILES string of the molecule is CCCC1CCCN(CC(N)(C#N)C2CC2)CC1. The molecule has 2 rings (SSSR count). The molecule has 0 amide bonds. The Morgan fingerprint density at radius 1 is 1.28 bits per heavy atom. The standard InChI is InChI=1S/C15H27N3/c1-2-4-13-5-3-9-18(10-8-13)12-15(17,11-16)14-6-7-14/h13-14H,2-10,12,17H2,1H3. The van der Waals surface area contributed by atoms with Crippen molar-refractivity contribution in [2.45, 2.75) is 57.4 Å². The fourth-order valence-electron chi connectivity index (χ4n) is 3.30. The van der Waals surface area contributed by atoms with E-state index in [4.69, 9.17) is 5.73 Å². The van der Waals surface area contributed by atoms with Crippen LogP contribution in [0.25, 0.3) is 0 Å². The van der Waals surface area contributed by atoms with E-state index in [1.165, 1.54) is 32.1 Å². The molecular formula is C15H27N3. The first-order chi connectivity index (χ1) is 8.68. The number of hydrogen-bond acceptors (Lipinski definition) is 3. The molecule has 102 valence electrons. The molecule has 18 heavy (non-hydrogen) atoms. The number of nitrogens with zero attached hydrogens (tertiary/aromatic N) is 2. The first-order valence-electron chi connectivity index (χ1n) is 7.60. The Hall–Kier alpha value is -0.590. The van der Waals surface area contributed by atoms with Gasteiger partial charge in [0.2, 0.25) is 0 Å². The molecule has 2 atom stereocenters. The molecule has 1 heterocycles. The lowest BCUT2D eigenvalue weighted by Gasteiger charge is -2.29. The Kier molecular flexibility index (Phi) is 4.64. The van der Waals surface area contributed by atoms with Crippen LogP contribution in [0, 0.1) is 23.2 Å². The third kappa shape index (κ3) is 3.46. The van der Waals surface area contributed by atoms with Crippen LogP contribution in [0.15, 0.2) is 0 Å². The number of nitrogens with two attached hydrogens (primary N) is 1. The highest BCUT2D eigenvalue weighted by Gasteiger charge is 2.43. The second kappa shape index (κ2) is 6.04. The van der Waals surface area contributed by atoms with Gasteiger partial charge in [-0.15, -0.1) is 0 Å². The zero-order valence-electron chi connectivity index (χ0n) is 11.7. The Morgan fingerprint density at radius 3 is 2.67 bits per heavy atom. The molecule has 2 fully saturated rings. The molecule has 0 aromatic carbocycles. The maximum atomic E-state index is 9.33. The molecule has 0 bridgehead atoms. The summed E-state index contributed by atoms with van der Waals surface area (Å²) in [6.07, 6.45) is 8.88. The molecule has 1 aliphatic carbocycles. The zero-order valence-corrected chi connectivity index (χ0v) is 11.7. The third-order valence-corrected chi connectivity index (χ3v) is 4.64. The van der Waals surface area contributed by atoms with Gasteiger partial charge in [-0.3, -0.25) is 0 Å². The van der Waals surface area contributed by atoms with Crippen LogP contribution in [0.3, 0.4) is 0 Å². The molecule has 3 heteroatoms. The Labute approximate surface area is 111 Å². The van der Waals surface area contributed by atoms with Crippen LogP contribution in [0.1, 0.15) is 51.9 Å². The van der Waals surface area contributed by atoms with Crippen molar-refractivity contribution in [3.05, 3.63) is 0 Å². The van der Waals surface area contributed by atoms with Crippen molar-refractivity contribution in [1.82, 2.24) is 4.90 Å². The molecule has 1 saturated carbocycles. The molecule has 1 saturated heterocycles. The van der Waals surface area contributed by atoms with E-state index in [0.717, 1.165) is 38.4 Å². The van der Waals surface area contributed by atoms with Crippen LogP contribution in [-0.2, 0) is 0 Å². The highest BCUT2D eigenvalue weighted by atomic mass is 15.1. The molecule has 2 aliphatic rings. The van der Waals surface area contributed by atoms with E-state index in [-0.39, 0.29) is 0 Å². The quantitative estimate of drug-likeness (QED) is 0.814. The van der Waals surface area contributed by atoms with Gasteiger partial charge in [0.25, 0.3) is 0 Å². The number of likely N-dealkylation sites (tertiary alicyclic amines) is 1. The van der Waals surface area contributed by atoms with Gasteiger partial charge in [-0.25, -0.2) is 0 Å². The first kappa shape index (κ1) is 13.8. The molecule has 1 aliphatic heterocycles. The van der Waals surface area contributed by atoms with Gasteiger partial charge < -0.3 is 10.6 Å². The molecule has 2 N–H and O–H groups in total. The van der Waals surface area contributed by atoms with Crippen molar-refractivity contribution in [3.63, 3.8) is 0 Å². The van der Waals surface area contributed by atoms with Gasteiger partial charge in [0, 0.05) is 6.54 Å². The van der Waals surface area contributed by atoms with Crippen molar-refractivity contribution in [2.75, 3.05) is 19.6 Å². The minimum atomic E-state index is -0.579. The molecule has 0 radical (unpaired) electrons. The fraction of sp³-hybridized carbons (Fsp3) is 0.933. The zero-order chi connectivity index (χ0) is 13.0. The topological polar surface area (TPSA) is 53.0 Å². The van der Waals surface area contributed by atoms with E-state index >= 15 is 0 Å². The van der Waals surface area contributed by atoms with Crippen LogP contribution < -0.4 is 5.73 Å². The lowest BCUT2D eigenvalue weighted by Crippen LogP contribution is -2.51. The summed E-state index contributed by atoms with van der Waals surface area (Å²) in [7, 11) is 0. The molecule has 0 aromatic rings. The minimum absolute atomic E-state index is 0.456. The maximum Gasteiger partial charge on any atom is 0.119 e. The smallest absolute Gasteiger partial charge is 0.119 e. The van der Waals surface area contributed by atoms with E-state index in [0.29, 0.717) is 5.92 Å². The second-order valence-corrected chi connectivity index (χ2v) is 6.29. The van der Waals surface area contributed by atoms with Crippen molar-refractivity contribution in [1.29, 1.82) is 5.26 Å². The fourth-order valence-corrected chi connectivity index (χ4v) is 3.30. The molecule has 3 nitrogen and oxygen atoms in total. The highest BCUT2D eigenvalue weighted by Crippen LogP contribution is 2.38. The van der Waals surface area contributed by atoms with Crippen LogP contribution in [-0.4, -0.2) is 30.1 Å². The van der Waals surface area contributed by atoms with E-state index in [1.54, 1.807) is 0 Å². The van der Waals surface area contributed by atoms with E-state index in [2.05, 4.69) is 17.9 Å². The highest BCUT2D eigenvalue weighted by molar-refractivity contribution is 5.14. The lowest BCUT2D eigenvalue weighted by atomic mass is 9.95. The predicted octanol–water partition coefficient (Wildman–Crippen LogP) is 2.52. The normalized spacial score (nSPS) is 29.3. The molecule has 2 unspecified atom stereocenters. The summed E-state index contributed by atoms with van der Waals surface area (Å²) in [6, 6.07) is 2.38. The minimum Gasteiger partial charge on any atom is -0.312 e. The summed E-state index contributed by atoms with van der Waals surface area (Å²) in [5, 5.41) is 9.33. The Balaban J connectivity index is 1.84. The van der Waals surface area contributed by atoms with Gasteiger partial charge in [-0.1, -0.05) is 19.8 Å². The van der Waals surface area contributed by atoms with E-state index in [1.807, 2.05) is 0 Å². The largest absolute Gasteiger partial charge is 0.312 e. The lowest BCUT2D eigenvalue weighted by molar-refractivity contribution is 0.225. The summed E-state index contributed by atoms with van der Waals surface area (Å²) >= 11 is 0. The number of rotatable bonds is 5. The van der Waals surface area contributed by atoms with Gasteiger partial charge in [0.15, 0.2) is 0 Å². The van der Waals surface area contributed by atoms with Crippen molar-refractivity contribution in [3.8, 4) is 6.07 Å². The second-order valence-electron chi connectivity index (χ2n) is 6.29. The van der Waals surface area contributed by atoms with Crippen molar-refractivity contribution in [2.24, 2.45) is 17.6 Å². The summed E-state index contributed by atoms with van der Waals surface area (Å²) in [4.78, 5) is 2.44. The summed E-state index contributed by atoms with van der Waals surface area (Å²) in [5.41, 5.74) is 5.70. The third-order valence-electron chi connectivity index (χ3n) is 4.64. The van der Waals surface area contributed by atoms with Gasteiger partial charge in [0.1, 0.15) is 5.54 Å².